The van der Waals surface area contributed by atoms with E-state index in [1.807, 2.05) is 48.8 Å². The lowest BCUT2D eigenvalue weighted by Crippen LogP contribution is -2.44. The van der Waals surface area contributed by atoms with Crippen LogP contribution in [0.4, 0.5) is 0 Å². The normalized spacial score (nSPS) is 19.5. The molecule has 1 aliphatic heterocycles. The molecular formula is C28H35N3O4. The zero-order chi connectivity index (χ0) is 24.6. The van der Waals surface area contributed by atoms with E-state index in [0.29, 0.717) is 19.4 Å². The predicted molar refractivity (Wildman–Crippen MR) is 135 cm³/mol. The number of aromatic nitrogens is 2. The molecule has 7 nitrogen and oxygen atoms in total. The predicted octanol–water partition coefficient (Wildman–Crippen LogP) is 4.50. The molecule has 3 aromatic rings. The molecule has 0 saturated carbocycles. The Bertz CT molecular complexity index is 1110. The first-order valence-electron chi connectivity index (χ1n) is 12.5. The minimum Gasteiger partial charge on any atom is -0.497 e. The lowest BCUT2D eigenvalue weighted by Gasteiger charge is -2.37. The number of ether oxygens (including phenoxy) is 1. The summed E-state index contributed by atoms with van der Waals surface area (Å²) >= 11 is 0. The van der Waals surface area contributed by atoms with E-state index in [4.69, 9.17) is 4.74 Å². The number of aliphatic carboxylic acids is 1. The summed E-state index contributed by atoms with van der Waals surface area (Å²) in [6.07, 6.45) is 9.89. The fraction of sp³-hybridized carbons (Fsp3) is 0.464. The number of hydrogen-bond donors (Lipinski definition) is 2. The van der Waals surface area contributed by atoms with Crippen LogP contribution in [0.3, 0.4) is 0 Å². The highest BCUT2D eigenvalue weighted by Crippen LogP contribution is 2.33. The second-order valence-corrected chi connectivity index (χ2v) is 9.48. The van der Waals surface area contributed by atoms with Crippen LogP contribution >= 0.6 is 0 Å². The van der Waals surface area contributed by atoms with Crippen molar-refractivity contribution in [1.29, 1.82) is 0 Å². The van der Waals surface area contributed by atoms with Gasteiger partial charge in [0.15, 0.2) is 0 Å². The number of aliphatic hydroxyl groups is 1. The smallest absolute Gasteiger partial charge is 0.308 e. The molecule has 0 amide bonds. The number of carboxylic acid groups (broad SMARTS) is 1. The largest absolute Gasteiger partial charge is 0.497 e. The van der Waals surface area contributed by atoms with Gasteiger partial charge in [0, 0.05) is 30.5 Å². The second kappa shape index (κ2) is 12.1. The molecular weight excluding hydrogens is 442 g/mol. The van der Waals surface area contributed by atoms with Gasteiger partial charge in [0.1, 0.15) is 5.75 Å². The molecule has 1 fully saturated rings. The zero-order valence-corrected chi connectivity index (χ0v) is 20.3. The van der Waals surface area contributed by atoms with Gasteiger partial charge in [-0.1, -0.05) is 0 Å². The lowest BCUT2D eigenvalue weighted by atomic mass is 9.81. The van der Waals surface area contributed by atoms with Crippen molar-refractivity contribution in [2.24, 2.45) is 11.8 Å². The van der Waals surface area contributed by atoms with Gasteiger partial charge >= 0.3 is 5.97 Å². The Kier molecular flexibility index (Phi) is 8.66. The Morgan fingerprint density at radius 1 is 1.17 bits per heavy atom. The number of piperidine rings is 1. The van der Waals surface area contributed by atoms with E-state index in [9.17, 15) is 15.0 Å². The van der Waals surface area contributed by atoms with Crippen LogP contribution < -0.4 is 4.74 Å². The number of methoxy groups -OCH3 is 1. The molecule has 2 N–H and O–H groups in total. The summed E-state index contributed by atoms with van der Waals surface area (Å²) in [6, 6.07) is 11.6. The fourth-order valence-electron chi connectivity index (χ4n) is 5.20. The minimum atomic E-state index is -0.731. The molecule has 0 aliphatic carbocycles. The number of aliphatic hydroxyl groups excluding tert-OH is 1. The summed E-state index contributed by atoms with van der Waals surface area (Å²) in [5.74, 6) is -0.341. The average Bonchev–Trinajstić information content (AvgIpc) is 2.89. The molecule has 3 heterocycles. The number of likely N-dealkylation sites (tertiary alicyclic amines) is 1. The monoisotopic (exact) mass is 477 g/mol. The van der Waals surface area contributed by atoms with E-state index < -0.39 is 18.0 Å². The summed E-state index contributed by atoms with van der Waals surface area (Å²) in [6.45, 7) is 2.42. The summed E-state index contributed by atoms with van der Waals surface area (Å²) in [4.78, 5) is 22.8. The number of carboxylic acids is 1. The zero-order valence-electron chi connectivity index (χ0n) is 20.3. The van der Waals surface area contributed by atoms with Crippen molar-refractivity contribution >= 4 is 16.9 Å². The van der Waals surface area contributed by atoms with E-state index in [-0.39, 0.29) is 5.92 Å². The van der Waals surface area contributed by atoms with E-state index in [2.05, 4.69) is 14.9 Å². The van der Waals surface area contributed by atoms with Crippen molar-refractivity contribution < 1.29 is 19.7 Å². The number of nitrogens with zero attached hydrogens (tertiary/aromatic N) is 3. The maximum atomic E-state index is 12.1. The first kappa shape index (κ1) is 25.1. The highest BCUT2D eigenvalue weighted by Gasteiger charge is 2.34. The van der Waals surface area contributed by atoms with Crippen LogP contribution in [0.5, 0.6) is 5.75 Å². The number of hydrogen-bond acceptors (Lipinski definition) is 6. The SMILES string of the molecule is COc1ccc2nccc(C(O)CC[C@@H]3CCN(CCCCc4ccncc4)C[C@@H]3C(=O)O)c2c1. The van der Waals surface area contributed by atoms with E-state index in [1.54, 1.807) is 13.3 Å². The molecule has 1 unspecified atom stereocenters. The number of benzene rings is 1. The molecule has 0 bridgehead atoms. The molecule has 2 aromatic heterocycles. The van der Waals surface area contributed by atoms with Gasteiger partial charge < -0.3 is 19.8 Å². The Hall–Kier alpha value is -3.03. The number of aryl methyl sites for hydroxylation is 1. The van der Waals surface area contributed by atoms with Crippen LogP contribution in [0.2, 0.25) is 0 Å². The van der Waals surface area contributed by atoms with E-state index in [0.717, 1.165) is 61.0 Å². The maximum absolute atomic E-state index is 12.1. The van der Waals surface area contributed by atoms with Crippen LogP contribution in [0.25, 0.3) is 10.9 Å². The number of unbranched alkanes of at least 4 members (excludes halogenated alkanes) is 1. The van der Waals surface area contributed by atoms with Crippen molar-refractivity contribution in [2.75, 3.05) is 26.7 Å². The summed E-state index contributed by atoms with van der Waals surface area (Å²) in [5, 5.41) is 21.8. The molecule has 4 rings (SSSR count). The highest BCUT2D eigenvalue weighted by atomic mass is 16.5. The van der Waals surface area contributed by atoms with Gasteiger partial charge in [-0.2, -0.15) is 0 Å². The first-order chi connectivity index (χ1) is 17.0. The van der Waals surface area contributed by atoms with Crippen molar-refractivity contribution in [3.8, 4) is 5.75 Å². The highest BCUT2D eigenvalue weighted by molar-refractivity contribution is 5.83. The number of carbonyl (C=O) groups is 1. The van der Waals surface area contributed by atoms with Gasteiger partial charge in [-0.15, -0.1) is 0 Å². The Morgan fingerprint density at radius 2 is 2.00 bits per heavy atom. The standard InChI is InChI=1S/C28H35N3O4/c1-35-22-6-7-26-24(18-22)23(11-15-30-26)27(32)8-5-21-12-17-31(19-25(21)28(33)34)16-3-2-4-20-9-13-29-14-10-20/h6-7,9-11,13-15,18,21,25,27,32H,2-5,8,12,16-17,19H2,1H3,(H,33,34)/t21-,25+,27?/m1/s1. The molecule has 1 aromatic carbocycles. The van der Waals surface area contributed by atoms with Gasteiger partial charge in [-0.25, -0.2) is 0 Å². The van der Waals surface area contributed by atoms with Crippen molar-refractivity contribution in [3.05, 3.63) is 66.1 Å². The first-order valence-corrected chi connectivity index (χ1v) is 12.5. The molecule has 3 atom stereocenters. The third kappa shape index (κ3) is 6.55. The number of fused-ring (bicyclic) bond motifs is 1. The van der Waals surface area contributed by atoms with Crippen LogP contribution in [0.1, 0.15) is 49.3 Å². The van der Waals surface area contributed by atoms with Gasteiger partial charge in [0.25, 0.3) is 0 Å². The molecule has 7 heteroatoms. The lowest BCUT2D eigenvalue weighted by molar-refractivity contribution is -0.146. The van der Waals surface area contributed by atoms with Crippen molar-refractivity contribution in [3.63, 3.8) is 0 Å². The van der Waals surface area contributed by atoms with Crippen molar-refractivity contribution in [1.82, 2.24) is 14.9 Å². The third-order valence-corrected chi connectivity index (χ3v) is 7.25. The minimum absolute atomic E-state index is 0.0675. The summed E-state index contributed by atoms with van der Waals surface area (Å²) in [7, 11) is 1.62. The Labute approximate surface area is 206 Å². The van der Waals surface area contributed by atoms with Crippen LogP contribution in [0, 0.1) is 11.8 Å². The van der Waals surface area contributed by atoms with Gasteiger partial charge in [0.2, 0.25) is 0 Å². The van der Waals surface area contributed by atoms with Gasteiger partial charge in [-0.3, -0.25) is 14.8 Å². The van der Waals surface area contributed by atoms with Crippen LogP contribution in [0.15, 0.2) is 55.0 Å². The molecule has 0 radical (unpaired) electrons. The third-order valence-electron chi connectivity index (χ3n) is 7.25. The Morgan fingerprint density at radius 3 is 2.77 bits per heavy atom. The van der Waals surface area contributed by atoms with Crippen molar-refractivity contribution in [2.45, 2.75) is 44.6 Å². The molecule has 0 spiro atoms. The summed E-state index contributed by atoms with van der Waals surface area (Å²) in [5.41, 5.74) is 2.91. The second-order valence-electron chi connectivity index (χ2n) is 9.48. The molecule has 186 valence electrons. The number of pyridine rings is 2. The quantitative estimate of drug-likeness (QED) is 0.393. The van der Waals surface area contributed by atoms with Gasteiger partial charge in [0.05, 0.1) is 24.6 Å². The average molecular weight is 478 g/mol. The molecule has 35 heavy (non-hydrogen) atoms. The Balaban J connectivity index is 1.30. The van der Waals surface area contributed by atoms with Gasteiger partial charge in [-0.05, 0) is 105 Å². The maximum Gasteiger partial charge on any atom is 0.308 e. The van der Waals surface area contributed by atoms with E-state index in [1.165, 1.54) is 5.56 Å². The molecule has 1 saturated heterocycles. The summed E-state index contributed by atoms with van der Waals surface area (Å²) < 4.78 is 5.34. The van der Waals surface area contributed by atoms with Crippen LogP contribution in [-0.2, 0) is 11.2 Å². The number of rotatable bonds is 11. The fourth-order valence-corrected chi connectivity index (χ4v) is 5.20. The molecule has 1 aliphatic rings. The van der Waals surface area contributed by atoms with E-state index >= 15 is 0 Å². The topological polar surface area (TPSA) is 95.8 Å². The van der Waals surface area contributed by atoms with Crippen LogP contribution in [-0.4, -0.2) is 57.8 Å².